The molecule has 0 spiro atoms. The molecular formula is C20H23N3O2. The van der Waals surface area contributed by atoms with Gasteiger partial charge in [0, 0.05) is 5.56 Å². The van der Waals surface area contributed by atoms with Gasteiger partial charge in [0.25, 0.3) is 11.8 Å². The first-order valence-corrected chi connectivity index (χ1v) is 8.01. The second-order valence-electron chi connectivity index (χ2n) is 6.72. The van der Waals surface area contributed by atoms with Crippen LogP contribution >= 0.6 is 0 Å². The summed E-state index contributed by atoms with van der Waals surface area (Å²) < 4.78 is 0. The maximum absolute atomic E-state index is 12.5. The van der Waals surface area contributed by atoms with E-state index in [9.17, 15) is 9.59 Å². The number of hydrazine groups is 1. The molecule has 5 heteroatoms. The van der Waals surface area contributed by atoms with E-state index in [4.69, 9.17) is 5.84 Å². The summed E-state index contributed by atoms with van der Waals surface area (Å²) in [7, 11) is 0. The molecule has 0 aliphatic heterocycles. The number of rotatable bonds is 4. The minimum atomic E-state index is -0.566. The fourth-order valence-electron chi connectivity index (χ4n) is 2.27. The Hall–Kier alpha value is -2.92. The SMILES string of the molecule is CC(C)(C)c1ccc(C(=O)N/C(=C/c2ccccc2)C(=O)NN)cc1. The summed E-state index contributed by atoms with van der Waals surface area (Å²) in [4.78, 5) is 24.4. The number of carbonyl (C=O) groups excluding carboxylic acids is 2. The molecule has 2 aromatic rings. The zero-order chi connectivity index (χ0) is 18.4. The third kappa shape index (κ3) is 5.02. The van der Waals surface area contributed by atoms with Crippen molar-refractivity contribution in [2.75, 3.05) is 0 Å². The average molecular weight is 337 g/mol. The summed E-state index contributed by atoms with van der Waals surface area (Å²) in [5.74, 6) is 4.28. The Morgan fingerprint density at radius 3 is 2.08 bits per heavy atom. The van der Waals surface area contributed by atoms with E-state index in [0.717, 1.165) is 11.1 Å². The molecule has 0 unspecified atom stereocenters. The van der Waals surface area contributed by atoms with Gasteiger partial charge in [-0.25, -0.2) is 5.84 Å². The van der Waals surface area contributed by atoms with Crippen LogP contribution in [0.4, 0.5) is 0 Å². The molecule has 130 valence electrons. The van der Waals surface area contributed by atoms with Crippen LogP contribution < -0.4 is 16.6 Å². The summed E-state index contributed by atoms with van der Waals surface area (Å²) in [5.41, 5.74) is 4.52. The summed E-state index contributed by atoms with van der Waals surface area (Å²) in [6, 6.07) is 16.5. The van der Waals surface area contributed by atoms with E-state index in [1.165, 1.54) is 0 Å². The molecule has 25 heavy (non-hydrogen) atoms. The van der Waals surface area contributed by atoms with Crippen LogP contribution in [0.2, 0.25) is 0 Å². The zero-order valence-corrected chi connectivity index (χ0v) is 14.7. The molecule has 0 aliphatic rings. The van der Waals surface area contributed by atoms with E-state index in [1.54, 1.807) is 18.2 Å². The van der Waals surface area contributed by atoms with Gasteiger partial charge >= 0.3 is 0 Å². The van der Waals surface area contributed by atoms with Crippen molar-refractivity contribution in [1.82, 2.24) is 10.7 Å². The van der Waals surface area contributed by atoms with Crippen molar-refractivity contribution >= 4 is 17.9 Å². The standard InChI is InChI=1S/C20H23N3O2/c1-20(2,3)16-11-9-15(10-12-16)18(24)22-17(19(25)23-21)13-14-7-5-4-6-8-14/h4-13H,21H2,1-3H3,(H,22,24)(H,23,25)/b17-13+. The van der Waals surface area contributed by atoms with Gasteiger partial charge in [-0.3, -0.25) is 15.0 Å². The van der Waals surface area contributed by atoms with Crippen molar-refractivity contribution in [1.29, 1.82) is 0 Å². The van der Waals surface area contributed by atoms with Crippen molar-refractivity contribution in [3.8, 4) is 0 Å². The van der Waals surface area contributed by atoms with Crippen molar-refractivity contribution in [3.05, 3.63) is 77.0 Å². The highest BCUT2D eigenvalue weighted by molar-refractivity contribution is 6.05. The second kappa shape index (κ2) is 7.77. The van der Waals surface area contributed by atoms with Gasteiger partial charge in [0.05, 0.1) is 0 Å². The monoisotopic (exact) mass is 337 g/mol. The first-order chi connectivity index (χ1) is 11.8. The topological polar surface area (TPSA) is 84.2 Å². The molecule has 2 aromatic carbocycles. The van der Waals surface area contributed by atoms with Gasteiger partial charge < -0.3 is 5.32 Å². The number of amides is 2. The minimum Gasteiger partial charge on any atom is -0.317 e. The van der Waals surface area contributed by atoms with Gasteiger partial charge in [-0.2, -0.15) is 0 Å². The van der Waals surface area contributed by atoms with Crippen LogP contribution in [0.1, 0.15) is 42.3 Å². The molecule has 0 heterocycles. The molecule has 0 atom stereocenters. The van der Waals surface area contributed by atoms with E-state index >= 15 is 0 Å². The number of nitrogens with one attached hydrogen (secondary N) is 2. The molecule has 0 bridgehead atoms. The molecule has 0 saturated carbocycles. The Morgan fingerprint density at radius 2 is 1.56 bits per heavy atom. The lowest BCUT2D eigenvalue weighted by atomic mass is 9.87. The predicted octanol–water partition coefficient (Wildman–Crippen LogP) is 2.74. The van der Waals surface area contributed by atoms with Crippen molar-refractivity contribution < 1.29 is 9.59 Å². The van der Waals surface area contributed by atoms with E-state index in [0.29, 0.717) is 5.56 Å². The lowest BCUT2D eigenvalue weighted by Crippen LogP contribution is -2.38. The van der Waals surface area contributed by atoms with E-state index in [-0.39, 0.29) is 17.0 Å². The van der Waals surface area contributed by atoms with Crippen LogP contribution in [-0.4, -0.2) is 11.8 Å². The number of nitrogens with two attached hydrogens (primary N) is 1. The molecule has 0 radical (unpaired) electrons. The van der Waals surface area contributed by atoms with Gasteiger partial charge in [-0.15, -0.1) is 0 Å². The molecule has 2 rings (SSSR count). The van der Waals surface area contributed by atoms with Crippen molar-refractivity contribution in [2.24, 2.45) is 5.84 Å². The van der Waals surface area contributed by atoms with Crippen molar-refractivity contribution in [3.63, 3.8) is 0 Å². The number of benzene rings is 2. The molecule has 0 aliphatic carbocycles. The first-order valence-electron chi connectivity index (χ1n) is 8.01. The quantitative estimate of drug-likeness (QED) is 0.347. The van der Waals surface area contributed by atoms with E-state index < -0.39 is 5.91 Å². The smallest absolute Gasteiger partial charge is 0.281 e. The van der Waals surface area contributed by atoms with Gasteiger partial charge in [-0.05, 0) is 34.8 Å². The van der Waals surface area contributed by atoms with Gasteiger partial charge in [-0.1, -0.05) is 63.2 Å². The van der Waals surface area contributed by atoms with Crippen LogP contribution in [0.5, 0.6) is 0 Å². The highest BCUT2D eigenvalue weighted by atomic mass is 16.2. The second-order valence-corrected chi connectivity index (χ2v) is 6.72. The highest BCUT2D eigenvalue weighted by Gasteiger charge is 2.16. The maximum atomic E-state index is 12.5. The molecule has 2 amide bonds. The summed E-state index contributed by atoms with van der Waals surface area (Å²) in [6.07, 6.45) is 1.57. The van der Waals surface area contributed by atoms with Crippen LogP contribution in [0.25, 0.3) is 6.08 Å². The molecular weight excluding hydrogens is 314 g/mol. The predicted molar refractivity (Wildman–Crippen MR) is 99.4 cm³/mol. The number of carbonyl (C=O) groups is 2. The molecule has 0 aromatic heterocycles. The Morgan fingerprint density at radius 1 is 0.960 bits per heavy atom. The zero-order valence-electron chi connectivity index (χ0n) is 14.7. The van der Waals surface area contributed by atoms with E-state index in [2.05, 4.69) is 26.1 Å². The number of hydrogen-bond donors (Lipinski definition) is 3. The average Bonchev–Trinajstić information content (AvgIpc) is 2.60. The molecule has 0 fully saturated rings. The fraction of sp³-hybridized carbons (Fsp3) is 0.200. The lowest BCUT2D eigenvalue weighted by Gasteiger charge is -2.19. The van der Waals surface area contributed by atoms with Crippen LogP contribution in [0.15, 0.2) is 60.3 Å². The van der Waals surface area contributed by atoms with Gasteiger partial charge in [0.2, 0.25) is 0 Å². The van der Waals surface area contributed by atoms with Gasteiger partial charge in [0.15, 0.2) is 0 Å². The maximum Gasteiger partial charge on any atom is 0.281 e. The molecule has 0 saturated heterocycles. The first kappa shape index (κ1) is 18.4. The summed E-state index contributed by atoms with van der Waals surface area (Å²) in [5, 5.41) is 2.62. The Labute approximate surface area is 147 Å². The Balaban J connectivity index is 2.22. The van der Waals surface area contributed by atoms with Crippen LogP contribution in [0.3, 0.4) is 0 Å². The van der Waals surface area contributed by atoms with Gasteiger partial charge in [0.1, 0.15) is 5.70 Å². The third-order valence-electron chi connectivity index (χ3n) is 3.75. The fourth-order valence-corrected chi connectivity index (χ4v) is 2.27. The lowest BCUT2D eigenvalue weighted by molar-refractivity contribution is -0.117. The third-order valence-corrected chi connectivity index (χ3v) is 3.75. The largest absolute Gasteiger partial charge is 0.317 e. The normalized spacial score (nSPS) is 11.8. The molecule has 5 nitrogen and oxygen atoms in total. The van der Waals surface area contributed by atoms with E-state index in [1.807, 2.05) is 47.9 Å². The Kier molecular flexibility index (Phi) is 5.72. The summed E-state index contributed by atoms with van der Waals surface area (Å²) >= 11 is 0. The number of hydrogen-bond acceptors (Lipinski definition) is 3. The molecule has 4 N–H and O–H groups in total. The van der Waals surface area contributed by atoms with Crippen LogP contribution in [0, 0.1) is 0 Å². The Bertz CT molecular complexity index is 773. The highest BCUT2D eigenvalue weighted by Crippen LogP contribution is 2.22. The minimum absolute atomic E-state index is 0.00676. The van der Waals surface area contributed by atoms with Crippen molar-refractivity contribution in [2.45, 2.75) is 26.2 Å². The van der Waals surface area contributed by atoms with Crippen LogP contribution in [-0.2, 0) is 10.2 Å². The summed E-state index contributed by atoms with van der Waals surface area (Å²) in [6.45, 7) is 6.32.